The molecule has 1 N–H and O–H groups in total. The zero-order valence-corrected chi connectivity index (χ0v) is 19.4. The maximum atomic E-state index is 13.2. The maximum absolute atomic E-state index is 13.2. The van der Waals surface area contributed by atoms with Crippen molar-refractivity contribution in [3.05, 3.63) is 66.7 Å². The Labute approximate surface area is 194 Å². The normalized spacial score (nSPS) is 15.6. The summed E-state index contributed by atoms with van der Waals surface area (Å²) in [7, 11) is 0. The standard InChI is InChI=1S/C25H29N3O3S/c1-4-6-16-31-21-13-11-20(12-14-21)28-23(29)17-22(24(28)30)27(15-5-2)25(32)26-19-9-7-18(3)8-10-19/h5,7-14,22H,2,4,6,15-17H2,1,3H3,(H,26,32). The van der Waals surface area contributed by atoms with Crippen molar-refractivity contribution in [3.63, 3.8) is 0 Å². The fraction of sp³-hybridized carbons (Fsp3) is 0.320. The Bertz CT molecular complexity index is 973. The topological polar surface area (TPSA) is 61.9 Å². The van der Waals surface area contributed by atoms with Crippen LogP contribution in [0, 0.1) is 6.92 Å². The molecule has 0 saturated carbocycles. The number of ether oxygens (including phenoxy) is 1. The van der Waals surface area contributed by atoms with E-state index in [9.17, 15) is 9.59 Å². The fourth-order valence-corrected chi connectivity index (χ4v) is 3.80. The quantitative estimate of drug-likeness (QED) is 0.258. The molecule has 1 unspecified atom stereocenters. The van der Waals surface area contributed by atoms with Crippen molar-refractivity contribution in [1.29, 1.82) is 0 Å². The lowest BCUT2D eigenvalue weighted by Gasteiger charge is -2.29. The molecule has 1 aliphatic rings. The van der Waals surface area contributed by atoms with Crippen molar-refractivity contribution in [2.24, 2.45) is 0 Å². The van der Waals surface area contributed by atoms with Gasteiger partial charge < -0.3 is 15.0 Å². The molecule has 1 atom stereocenters. The van der Waals surface area contributed by atoms with Crippen molar-refractivity contribution in [2.75, 3.05) is 23.4 Å². The van der Waals surface area contributed by atoms with Crippen LogP contribution in [-0.2, 0) is 9.59 Å². The van der Waals surface area contributed by atoms with Crippen LogP contribution in [0.1, 0.15) is 31.7 Å². The molecule has 0 radical (unpaired) electrons. The van der Waals surface area contributed by atoms with Crippen LogP contribution in [0.3, 0.4) is 0 Å². The van der Waals surface area contributed by atoms with E-state index in [2.05, 4.69) is 18.8 Å². The molecule has 3 rings (SSSR count). The number of rotatable bonds is 9. The van der Waals surface area contributed by atoms with Gasteiger partial charge >= 0.3 is 0 Å². The van der Waals surface area contributed by atoms with E-state index in [0.717, 1.165) is 29.8 Å². The molecule has 0 spiro atoms. The molecule has 1 saturated heterocycles. The summed E-state index contributed by atoms with van der Waals surface area (Å²) in [6.07, 6.45) is 3.75. The van der Waals surface area contributed by atoms with Gasteiger partial charge in [-0.3, -0.25) is 9.59 Å². The number of unbranched alkanes of at least 4 members (excludes halogenated alkanes) is 1. The van der Waals surface area contributed by atoms with Crippen LogP contribution in [0.5, 0.6) is 5.75 Å². The molecule has 168 valence electrons. The first-order chi connectivity index (χ1) is 15.4. The molecule has 1 fully saturated rings. The van der Waals surface area contributed by atoms with Crippen LogP contribution in [-0.4, -0.2) is 41.0 Å². The minimum Gasteiger partial charge on any atom is -0.494 e. The van der Waals surface area contributed by atoms with E-state index in [1.54, 1.807) is 35.2 Å². The number of aryl methyl sites for hydroxylation is 1. The molecular formula is C25H29N3O3S. The Balaban J connectivity index is 1.73. The molecule has 0 aliphatic carbocycles. The third-order valence-electron chi connectivity index (χ3n) is 5.25. The third-order valence-corrected chi connectivity index (χ3v) is 5.59. The maximum Gasteiger partial charge on any atom is 0.257 e. The van der Waals surface area contributed by atoms with Gasteiger partial charge in [-0.15, -0.1) is 6.58 Å². The largest absolute Gasteiger partial charge is 0.494 e. The molecule has 32 heavy (non-hydrogen) atoms. The van der Waals surface area contributed by atoms with Gasteiger partial charge in [-0.25, -0.2) is 4.90 Å². The second kappa shape index (κ2) is 10.9. The molecule has 0 aromatic heterocycles. The second-order valence-corrected chi connectivity index (χ2v) is 8.11. The molecular weight excluding hydrogens is 422 g/mol. The predicted molar refractivity (Wildman–Crippen MR) is 132 cm³/mol. The molecule has 2 amide bonds. The highest BCUT2D eigenvalue weighted by atomic mass is 32.1. The molecule has 2 aromatic rings. The fourth-order valence-electron chi connectivity index (χ4n) is 3.48. The summed E-state index contributed by atoms with van der Waals surface area (Å²) in [5.41, 5.74) is 2.49. The van der Waals surface area contributed by atoms with Gasteiger partial charge in [-0.1, -0.05) is 37.1 Å². The first-order valence-electron chi connectivity index (χ1n) is 10.8. The van der Waals surface area contributed by atoms with Gasteiger partial charge in [-0.05, 0) is 62.0 Å². The number of nitrogens with zero attached hydrogens (tertiary/aromatic N) is 2. The molecule has 2 aromatic carbocycles. The zero-order valence-electron chi connectivity index (χ0n) is 18.5. The van der Waals surface area contributed by atoms with Crippen molar-refractivity contribution in [1.82, 2.24) is 4.90 Å². The number of imide groups is 1. The Morgan fingerprint density at radius 1 is 1.22 bits per heavy atom. The van der Waals surface area contributed by atoms with Crippen LogP contribution < -0.4 is 15.0 Å². The van der Waals surface area contributed by atoms with Crippen LogP contribution in [0.2, 0.25) is 0 Å². The molecule has 6 nitrogen and oxygen atoms in total. The first-order valence-corrected chi connectivity index (χ1v) is 11.2. The number of anilines is 2. The van der Waals surface area contributed by atoms with Gasteiger partial charge in [0.2, 0.25) is 5.91 Å². The number of nitrogens with one attached hydrogen (secondary N) is 1. The summed E-state index contributed by atoms with van der Waals surface area (Å²) in [6, 6.07) is 14.1. The van der Waals surface area contributed by atoms with Crippen LogP contribution in [0.25, 0.3) is 0 Å². The van der Waals surface area contributed by atoms with E-state index >= 15 is 0 Å². The number of hydrogen-bond donors (Lipinski definition) is 1. The lowest BCUT2D eigenvalue weighted by Crippen LogP contribution is -2.47. The highest BCUT2D eigenvalue weighted by Gasteiger charge is 2.43. The molecule has 1 heterocycles. The van der Waals surface area contributed by atoms with Gasteiger partial charge in [-0.2, -0.15) is 0 Å². The Hall–Kier alpha value is -3.19. The van der Waals surface area contributed by atoms with E-state index in [1.807, 2.05) is 31.2 Å². The van der Waals surface area contributed by atoms with Crippen LogP contribution >= 0.6 is 12.2 Å². The summed E-state index contributed by atoms with van der Waals surface area (Å²) < 4.78 is 5.67. The average molecular weight is 452 g/mol. The Kier molecular flexibility index (Phi) is 8.00. The summed E-state index contributed by atoms with van der Waals surface area (Å²) in [5.74, 6) is 0.158. The average Bonchev–Trinajstić information content (AvgIpc) is 3.08. The molecule has 1 aliphatic heterocycles. The second-order valence-electron chi connectivity index (χ2n) is 7.72. The van der Waals surface area contributed by atoms with E-state index < -0.39 is 6.04 Å². The smallest absolute Gasteiger partial charge is 0.257 e. The Morgan fingerprint density at radius 3 is 2.53 bits per heavy atom. The molecule has 0 bridgehead atoms. The third kappa shape index (κ3) is 5.53. The monoisotopic (exact) mass is 451 g/mol. The predicted octanol–water partition coefficient (Wildman–Crippen LogP) is 4.69. The van der Waals surface area contributed by atoms with E-state index in [1.165, 1.54) is 4.90 Å². The summed E-state index contributed by atoms with van der Waals surface area (Å²) in [6.45, 7) is 8.88. The summed E-state index contributed by atoms with van der Waals surface area (Å²) in [5, 5.41) is 3.54. The summed E-state index contributed by atoms with van der Waals surface area (Å²) in [4.78, 5) is 29.0. The number of amides is 2. The summed E-state index contributed by atoms with van der Waals surface area (Å²) >= 11 is 5.58. The van der Waals surface area contributed by atoms with Gasteiger partial charge in [0.15, 0.2) is 5.11 Å². The minimum absolute atomic E-state index is 0.0527. The van der Waals surface area contributed by atoms with Crippen molar-refractivity contribution in [3.8, 4) is 5.75 Å². The number of thiocarbonyl (C=S) groups is 1. The first kappa shape index (κ1) is 23.5. The highest BCUT2D eigenvalue weighted by Crippen LogP contribution is 2.28. The van der Waals surface area contributed by atoms with Gasteiger partial charge in [0.25, 0.3) is 5.91 Å². The van der Waals surface area contributed by atoms with Crippen LogP contribution in [0.15, 0.2) is 61.2 Å². The minimum atomic E-state index is -0.688. The van der Waals surface area contributed by atoms with E-state index in [-0.39, 0.29) is 18.2 Å². The Morgan fingerprint density at radius 2 is 1.91 bits per heavy atom. The zero-order chi connectivity index (χ0) is 23.1. The number of benzene rings is 2. The van der Waals surface area contributed by atoms with Gasteiger partial charge in [0.1, 0.15) is 11.8 Å². The lowest BCUT2D eigenvalue weighted by atomic mass is 10.2. The van der Waals surface area contributed by atoms with Gasteiger partial charge in [0.05, 0.1) is 18.7 Å². The van der Waals surface area contributed by atoms with E-state index in [4.69, 9.17) is 17.0 Å². The highest BCUT2D eigenvalue weighted by molar-refractivity contribution is 7.80. The SMILES string of the molecule is C=CCN(C(=S)Nc1ccc(C)cc1)C1CC(=O)N(c2ccc(OCCCC)cc2)C1=O. The van der Waals surface area contributed by atoms with Crippen molar-refractivity contribution < 1.29 is 14.3 Å². The number of carbonyl (C=O) groups is 2. The van der Waals surface area contributed by atoms with Crippen molar-refractivity contribution in [2.45, 2.75) is 39.2 Å². The van der Waals surface area contributed by atoms with Crippen molar-refractivity contribution >= 4 is 40.5 Å². The number of carbonyl (C=O) groups excluding carboxylic acids is 2. The molecule has 7 heteroatoms. The van der Waals surface area contributed by atoms with Gasteiger partial charge in [0, 0.05) is 12.2 Å². The lowest BCUT2D eigenvalue weighted by molar-refractivity contribution is -0.122. The van der Waals surface area contributed by atoms with Crippen LogP contribution in [0.4, 0.5) is 11.4 Å². The van der Waals surface area contributed by atoms with E-state index in [0.29, 0.717) is 24.0 Å². The number of hydrogen-bond acceptors (Lipinski definition) is 4.